The molecule has 154 valence electrons. The first kappa shape index (κ1) is 20.4. The molecule has 0 aliphatic heterocycles. The van der Waals surface area contributed by atoms with Crippen molar-refractivity contribution in [1.82, 2.24) is 14.9 Å². The predicted molar refractivity (Wildman–Crippen MR) is 108 cm³/mol. The molecular formula is C21H25N3O5. The van der Waals surface area contributed by atoms with Crippen LogP contribution in [0, 0.1) is 13.8 Å². The Morgan fingerprint density at radius 1 is 1.28 bits per heavy atom. The fourth-order valence-electron chi connectivity index (χ4n) is 3.04. The molecule has 8 nitrogen and oxygen atoms in total. The van der Waals surface area contributed by atoms with Crippen molar-refractivity contribution < 1.29 is 18.7 Å². The van der Waals surface area contributed by atoms with Crippen molar-refractivity contribution in [2.24, 2.45) is 0 Å². The summed E-state index contributed by atoms with van der Waals surface area (Å²) in [6, 6.07) is 5.52. The molecule has 0 bridgehead atoms. The number of carbonyl (C=O) groups is 1. The molecule has 1 amide bonds. The fraction of sp³-hybridized carbons (Fsp3) is 0.381. The molecular weight excluding hydrogens is 374 g/mol. The first-order valence-corrected chi connectivity index (χ1v) is 9.46. The molecule has 3 aromatic rings. The number of benzene rings is 1. The lowest BCUT2D eigenvalue weighted by atomic mass is 10.2. The normalized spacial score (nSPS) is 10.9. The van der Waals surface area contributed by atoms with Crippen LogP contribution < -0.4 is 20.3 Å². The van der Waals surface area contributed by atoms with Crippen molar-refractivity contribution in [1.29, 1.82) is 0 Å². The number of carbonyl (C=O) groups excluding carboxylic acids is 1. The van der Waals surface area contributed by atoms with Gasteiger partial charge < -0.3 is 19.2 Å². The van der Waals surface area contributed by atoms with E-state index in [4.69, 9.17) is 13.9 Å². The second kappa shape index (κ2) is 8.81. The zero-order valence-corrected chi connectivity index (χ0v) is 17.1. The Bertz CT molecular complexity index is 1080. The number of nitrogens with one attached hydrogen (secondary N) is 1. The molecule has 0 unspecified atom stereocenters. The van der Waals surface area contributed by atoms with Gasteiger partial charge in [-0.2, -0.15) is 0 Å². The number of nitrogens with zero attached hydrogens (tertiary/aromatic N) is 2. The van der Waals surface area contributed by atoms with Crippen molar-refractivity contribution in [3.8, 4) is 11.5 Å². The van der Waals surface area contributed by atoms with Gasteiger partial charge in [0.05, 0.1) is 13.7 Å². The lowest BCUT2D eigenvalue weighted by Gasteiger charge is -2.12. The molecule has 3 rings (SSSR count). The first-order chi connectivity index (χ1) is 13.9. The fourth-order valence-corrected chi connectivity index (χ4v) is 3.04. The maximum atomic E-state index is 12.6. The Balaban J connectivity index is 1.61. The third-order valence-electron chi connectivity index (χ3n) is 4.75. The summed E-state index contributed by atoms with van der Waals surface area (Å²) in [5.41, 5.74) is 1.80. The van der Waals surface area contributed by atoms with Gasteiger partial charge in [-0.25, -0.2) is 4.98 Å². The zero-order chi connectivity index (χ0) is 21.0. The SMILES string of the molecule is CCOc1cc(CNC(=O)CCn2cnc3oc(C)c(C)c3c2=O)ccc1OC. The molecule has 2 aromatic heterocycles. The van der Waals surface area contributed by atoms with Crippen LogP contribution in [-0.4, -0.2) is 29.2 Å². The van der Waals surface area contributed by atoms with Crippen molar-refractivity contribution in [3.63, 3.8) is 0 Å². The lowest BCUT2D eigenvalue weighted by Crippen LogP contribution is -2.27. The molecule has 0 aliphatic rings. The van der Waals surface area contributed by atoms with Gasteiger partial charge in [0, 0.05) is 25.1 Å². The minimum atomic E-state index is -0.200. The maximum Gasteiger partial charge on any atom is 0.264 e. The highest BCUT2D eigenvalue weighted by atomic mass is 16.5. The molecule has 29 heavy (non-hydrogen) atoms. The summed E-state index contributed by atoms with van der Waals surface area (Å²) in [5, 5.41) is 3.32. The molecule has 0 radical (unpaired) electrons. The van der Waals surface area contributed by atoms with E-state index in [1.54, 1.807) is 14.0 Å². The number of rotatable bonds is 8. The summed E-state index contributed by atoms with van der Waals surface area (Å²) in [4.78, 5) is 29.0. The summed E-state index contributed by atoms with van der Waals surface area (Å²) < 4.78 is 17.7. The van der Waals surface area contributed by atoms with Gasteiger partial charge in [0.25, 0.3) is 5.56 Å². The molecule has 2 heterocycles. The number of aromatic nitrogens is 2. The number of methoxy groups -OCH3 is 1. The second-order valence-electron chi connectivity index (χ2n) is 6.65. The largest absolute Gasteiger partial charge is 0.493 e. The predicted octanol–water partition coefficient (Wildman–Crippen LogP) is 2.72. The highest BCUT2D eigenvalue weighted by Gasteiger charge is 2.14. The Morgan fingerprint density at radius 3 is 2.79 bits per heavy atom. The van der Waals surface area contributed by atoms with Crippen LogP contribution in [-0.2, 0) is 17.9 Å². The van der Waals surface area contributed by atoms with Crippen molar-refractivity contribution in [2.75, 3.05) is 13.7 Å². The zero-order valence-electron chi connectivity index (χ0n) is 17.1. The Hall–Kier alpha value is -3.29. The first-order valence-electron chi connectivity index (χ1n) is 9.46. The minimum absolute atomic E-state index is 0.161. The standard InChI is InChI=1S/C21H25N3O5/c1-5-28-17-10-15(6-7-16(17)27-4)11-22-18(25)8-9-24-12-23-20-19(21(24)26)13(2)14(3)29-20/h6-7,10,12H,5,8-9,11H2,1-4H3,(H,22,25). The topological polar surface area (TPSA) is 95.6 Å². The Morgan fingerprint density at radius 2 is 2.07 bits per heavy atom. The summed E-state index contributed by atoms with van der Waals surface area (Å²) in [6.07, 6.45) is 1.58. The number of hydrogen-bond donors (Lipinski definition) is 1. The molecule has 0 saturated heterocycles. The van der Waals surface area contributed by atoms with E-state index in [9.17, 15) is 9.59 Å². The lowest BCUT2D eigenvalue weighted by molar-refractivity contribution is -0.121. The molecule has 0 atom stereocenters. The number of aryl methyl sites for hydroxylation is 3. The number of furan rings is 1. The van der Waals surface area contributed by atoms with E-state index in [0.29, 0.717) is 41.5 Å². The van der Waals surface area contributed by atoms with E-state index in [2.05, 4.69) is 10.3 Å². The van der Waals surface area contributed by atoms with E-state index in [-0.39, 0.29) is 24.4 Å². The third-order valence-corrected chi connectivity index (χ3v) is 4.75. The number of fused-ring (bicyclic) bond motifs is 1. The Labute approximate surface area is 168 Å². The van der Waals surface area contributed by atoms with Gasteiger partial charge in [-0.05, 0) is 38.5 Å². The van der Waals surface area contributed by atoms with E-state index in [0.717, 1.165) is 11.1 Å². The van der Waals surface area contributed by atoms with Gasteiger partial charge in [0.1, 0.15) is 17.5 Å². The van der Waals surface area contributed by atoms with Crippen LogP contribution in [0.15, 0.2) is 33.7 Å². The number of amides is 1. The third kappa shape index (κ3) is 4.42. The second-order valence-corrected chi connectivity index (χ2v) is 6.65. The summed E-state index contributed by atoms with van der Waals surface area (Å²) in [6.45, 7) is 6.64. The van der Waals surface area contributed by atoms with E-state index >= 15 is 0 Å². The molecule has 0 spiro atoms. The number of ether oxygens (including phenoxy) is 2. The van der Waals surface area contributed by atoms with Gasteiger partial charge >= 0.3 is 0 Å². The smallest absolute Gasteiger partial charge is 0.264 e. The highest BCUT2D eigenvalue weighted by Crippen LogP contribution is 2.28. The summed E-state index contributed by atoms with van der Waals surface area (Å²) >= 11 is 0. The summed E-state index contributed by atoms with van der Waals surface area (Å²) in [7, 11) is 1.58. The van der Waals surface area contributed by atoms with Crippen LogP contribution in [0.2, 0.25) is 0 Å². The van der Waals surface area contributed by atoms with Gasteiger partial charge in [0.2, 0.25) is 11.6 Å². The highest BCUT2D eigenvalue weighted by molar-refractivity contribution is 5.78. The molecule has 0 aliphatic carbocycles. The average molecular weight is 399 g/mol. The number of hydrogen-bond acceptors (Lipinski definition) is 6. The van der Waals surface area contributed by atoms with Crippen LogP contribution in [0.5, 0.6) is 11.5 Å². The van der Waals surface area contributed by atoms with Gasteiger partial charge in [-0.1, -0.05) is 6.07 Å². The van der Waals surface area contributed by atoms with Crippen LogP contribution in [0.3, 0.4) is 0 Å². The minimum Gasteiger partial charge on any atom is -0.493 e. The maximum absolute atomic E-state index is 12.6. The van der Waals surface area contributed by atoms with E-state index < -0.39 is 0 Å². The van der Waals surface area contributed by atoms with Crippen LogP contribution in [0.25, 0.3) is 11.1 Å². The Kier molecular flexibility index (Phi) is 6.21. The summed E-state index contributed by atoms with van der Waals surface area (Å²) in [5.74, 6) is 1.80. The molecule has 1 aromatic carbocycles. The quantitative estimate of drug-likeness (QED) is 0.626. The van der Waals surface area contributed by atoms with Crippen LogP contribution >= 0.6 is 0 Å². The van der Waals surface area contributed by atoms with Gasteiger partial charge in [0.15, 0.2) is 11.5 Å². The van der Waals surface area contributed by atoms with Gasteiger partial charge in [-0.15, -0.1) is 0 Å². The van der Waals surface area contributed by atoms with Crippen LogP contribution in [0.1, 0.15) is 30.2 Å². The van der Waals surface area contributed by atoms with Gasteiger partial charge in [-0.3, -0.25) is 14.2 Å². The van der Waals surface area contributed by atoms with Crippen LogP contribution in [0.4, 0.5) is 0 Å². The molecule has 1 N–H and O–H groups in total. The molecule has 0 fully saturated rings. The molecule has 8 heteroatoms. The molecule has 0 saturated carbocycles. The van der Waals surface area contributed by atoms with Crippen molar-refractivity contribution in [3.05, 3.63) is 51.8 Å². The monoisotopic (exact) mass is 399 g/mol. The van der Waals surface area contributed by atoms with Crippen molar-refractivity contribution in [2.45, 2.75) is 40.3 Å². The van der Waals surface area contributed by atoms with E-state index in [1.807, 2.05) is 32.0 Å². The van der Waals surface area contributed by atoms with Crippen molar-refractivity contribution >= 4 is 17.0 Å². The van der Waals surface area contributed by atoms with E-state index in [1.165, 1.54) is 10.9 Å². The average Bonchev–Trinajstić information content (AvgIpc) is 3.00.